The minimum absolute atomic E-state index is 0.0966. The third-order valence-corrected chi connectivity index (χ3v) is 5.31. The lowest BCUT2D eigenvalue weighted by atomic mass is 10.2. The second-order valence-electron chi connectivity index (χ2n) is 7.36. The molecule has 0 radical (unpaired) electrons. The third-order valence-electron chi connectivity index (χ3n) is 5.00. The van der Waals surface area contributed by atoms with Crippen molar-refractivity contribution in [3.63, 3.8) is 0 Å². The maximum Gasteiger partial charge on any atom is 0.238 e. The number of amides is 1. The molecule has 1 aromatic heterocycles. The van der Waals surface area contributed by atoms with E-state index < -0.39 is 0 Å². The fraction of sp³-hybridized carbons (Fsp3) is 0.500. The number of hydrogen-bond acceptors (Lipinski definition) is 7. The Balaban J connectivity index is 1.28. The maximum absolute atomic E-state index is 12.5. The number of rotatable bonds is 5. The van der Waals surface area contributed by atoms with Crippen molar-refractivity contribution in [2.45, 2.75) is 19.9 Å². The van der Waals surface area contributed by atoms with E-state index >= 15 is 0 Å². The van der Waals surface area contributed by atoms with E-state index in [1.807, 2.05) is 13.0 Å². The molecule has 156 valence electrons. The van der Waals surface area contributed by atoms with Gasteiger partial charge in [0.2, 0.25) is 5.91 Å². The molecule has 3 heterocycles. The number of nitrogens with zero attached hydrogens (tertiary/aromatic N) is 3. The summed E-state index contributed by atoms with van der Waals surface area (Å²) >= 11 is 6.31. The lowest BCUT2D eigenvalue weighted by molar-refractivity contribution is -0.117. The molecule has 2 aliphatic heterocycles. The van der Waals surface area contributed by atoms with Gasteiger partial charge >= 0.3 is 0 Å². The smallest absolute Gasteiger partial charge is 0.238 e. The number of benzene rings is 1. The van der Waals surface area contributed by atoms with Crippen molar-refractivity contribution in [2.24, 2.45) is 0 Å². The first-order valence-corrected chi connectivity index (χ1v) is 10.2. The number of hydrogen-bond donors (Lipinski definition) is 1. The van der Waals surface area contributed by atoms with Crippen molar-refractivity contribution in [3.05, 3.63) is 34.7 Å². The van der Waals surface area contributed by atoms with E-state index in [4.69, 9.17) is 25.6 Å². The highest BCUT2D eigenvalue weighted by Gasteiger charge is 2.21. The summed E-state index contributed by atoms with van der Waals surface area (Å²) in [5.74, 6) is 2.00. The number of aromatic nitrogens is 1. The van der Waals surface area contributed by atoms with Crippen molar-refractivity contribution in [3.8, 4) is 11.5 Å². The van der Waals surface area contributed by atoms with Crippen LogP contribution in [0.15, 0.2) is 22.7 Å². The predicted octanol–water partition coefficient (Wildman–Crippen LogP) is 2.55. The number of carbonyl (C=O) groups is 1. The van der Waals surface area contributed by atoms with Crippen LogP contribution in [0.2, 0.25) is 5.02 Å². The van der Waals surface area contributed by atoms with Gasteiger partial charge in [0.1, 0.15) is 0 Å². The molecule has 0 aliphatic carbocycles. The quantitative estimate of drug-likeness (QED) is 0.796. The summed E-state index contributed by atoms with van der Waals surface area (Å²) in [5.41, 5.74) is 1.43. The molecular weight excluding hydrogens is 396 g/mol. The van der Waals surface area contributed by atoms with Gasteiger partial charge in [0.15, 0.2) is 17.3 Å². The molecule has 1 amide bonds. The second-order valence-corrected chi connectivity index (χ2v) is 7.77. The summed E-state index contributed by atoms with van der Waals surface area (Å²) in [6.07, 6.45) is 0.815. The van der Waals surface area contributed by atoms with Crippen molar-refractivity contribution in [1.82, 2.24) is 15.0 Å². The van der Waals surface area contributed by atoms with E-state index in [0.717, 1.165) is 50.6 Å². The molecule has 0 spiro atoms. The van der Waals surface area contributed by atoms with Crippen LogP contribution in [0.4, 0.5) is 5.69 Å². The highest BCUT2D eigenvalue weighted by molar-refractivity contribution is 6.34. The number of halogens is 1. The van der Waals surface area contributed by atoms with Gasteiger partial charge in [-0.1, -0.05) is 16.8 Å². The summed E-state index contributed by atoms with van der Waals surface area (Å²) in [7, 11) is 0. The van der Waals surface area contributed by atoms with Crippen LogP contribution in [0.25, 0.3) is 0 Å². The van der Waals surface area contributed by atoms with Gasteiger partial charge in [0, 0.05) is 50.8 Å². The molecule has 0 saturated carbocycles. The fourth-order valence-electron chi connectivity index (χ4n) is 3.49. The molecule has 2 aliphatic rings. The zero-order chi connectivity index (χ0) is 20.2. The van der Waals surface area contributed by atoms with Crippen LogP contribution in [0.5, 0.6) is 11.5 Å². The number of nitrogens with one attached hydrogen (secondary N) is 1. The number of piperazine rings is 1. The zero-order valence-electron chi connectivity index (χ0n) is 16.4. The molecule has 1 aromatic carbocycles. The van der Waals surface area contributed by atoms with Crippen LogP contribution >= 0.6 is 11.6 Å². The van der Waals surface area contributed by atoms with Gasteiger partial charge in [-0.05, 0) is 6.92 Å². The highest BCUT2D eigenvalue weighted by Crippen LogP contribution is 2.37. The molecule has 0 atom stereocenters. The van der Waals surface area contributed by atoms with Crippen molar-refractivity contribution >= 4 is 23.2 Å². The summed E-state index contributed by atoms with van der Waals surface area (Å²) in [4.78, 5) is 17.0. The molecule has 0 unspecified atom stereocenters. The second kappa shape index (κ2) is 9.02. The Labute approximate surface area is 174 Å². The normalized spacial score (nSPS) is 17.7. The van der Waals surface area contributed by atoms with Crippen LogP contribution in [-0.2, 0) is 11.3 Å². The Hall–Kier alpha value is -2.29. The van der Waals surface area contributed by atoms with Gasteiger partial charge in [0.05, 0.1) is 42.7 Å². The zero-order valence-corrected chi connectivity index (χ0v) is 17.2. The van der Waals surface area contributed by atoms with E-state index in [1.165, 1.54) is 0 Å². The van der Waals surface area contributed by atoms with Gasteiger partial charge in [-0.2, -0.15) is 0 Å². The Morgan fingerprint density at radius 1 is 1.10 bits per heavy atom. The lowest BCUT2D eigenvalue weighted by Gasteiger charge is -2.33. The van der Waals surface area contributed by atoms with E-state index in [-0.39, 0.29) is 5.91 Å². The van der Waals surface area contributed by atoms with Gasteiger partial charge in [-0.25, -0.2) is 0 Å². The Morgan fingerprint density at radius 3 is 2.48 bits per heavy atom. The van der Waals surface area contributed by atoms with E-state index in [1.54, 1.807) is 12.1 Å². The fourth-order valence-corrected chi connectivity index (χ4v) is 3.69. The van der Waals surface area contributed by atoms with E-state index in [2.05, 4.69) is 20.3 Å². The number of anilines is 1. The van der Waals surface area contributed by atoms with Crippen LogP contribution in [0, 0.1) is 6.92 Å². The monoisotopic (exact) mass is 420 g/mol. The van der Waals surface area contributed by atoms with Crippen molar-refractivity contribution in [1.29, 1.82) is 0 Å². The first-order valence-electron chi connectivity index (χ1n) is 9.83. The summed E-state index contributed by atoms with van der Waals surface area (Å²) in [6, 6.07) is 5.39. The lowest BCUT2D eigenvalue weighted by Crippen LogP contribution is -2.48. The number of aryl methyl sites for hydroxylation is 1. The molecular formula is C20H25ClN4O4. The third kappa shape index (κ3) is 5.20. The number of fused-ring (bicyclic) bond motifs is 1. The molecule has 2 aromatic rings. The van der Waals surface area contributed by atoms with E-state index in [9.17, 15) is 4.79 Å². The largest absolute Gasteiger partial charge is 0.490 e. The molecule has 8 nitrogen and oxygen atoms in total. The van der Waals surface area contributed by atoms with Crippen molar-refractivity contribution in [2.75, 3.05) is 51.3 Å². The summed E-state index contributed by atoms with van der Waals surface area (Å²) < 4.78 is 16.6. The first-order chi connectivity index (χ1) is 14.1. The Kier molecular flexibility index (Phi) is 6.22. The van der Waals surface area contributed by atoms with Gasteiger partial charge in [-0.3, -0.25) is 14.6 Å². The predicted molar refractivity (Wildman–Crippen MR) is 109 cm³/mol. The van der Waals surface area contributed by atoms with Crippen LogP contribution in [0.3, 0.4) is 0 Å². The van der Waals surface area contributed by atoms with Crippen LogP contribution < -0.4 is 14.8 Å². The molecule has 9 heteroatoms. The average molecular weight is 421 g/mol. The summed E-state index contributed by atoms with van der Waals surface area (Å²) in [6.45, 7) is 7.53. The van der Waals surface area contributed by atoms with Gasteiger partial charge in [0.25, 0.3) is 0 Å². The average Bonchev–Trinajstić information content (AvgIpc) is 2.96. The molecule has 0 bridgehead atoms. The first kappa shape index (κ1) is 20.0. The van der Waals surface area contributed by atoms with Crippen LogP contribution in [-0.4, -0.2) is 66.8 Å². The molecule has 1 saturated heterocycles. The number of ether oxygens (including phenoxy) is 2. The van der Waals surface area contributed by atoms with Crippen molar-refractivity contribution < 1.29 is 18.8 Å². The minimum atomic E-state index is -0.0966. The van der Waals surface area contributed by atoms with Gasteiger partial charge < -0.3 is 19.3 Å². The molecule has 29 heavy (non-hydrogen) atoms. The summed E-state index contributed by atoms with van der Waals surface area (Å²) in [5, 5.41) is 7.26. The standard InChI is InChI=1S/C20H25ClN4O4/c1-14-9-15(29-23-14)12-24-3-5-25(6-4-24)13-20(26)22-17-11-19-18(10-16(17)21)27-7-2-8-28-19/h9-11H,2-8,12-13H2,1H3,(H,22,26). The topological polar surface area (TPSA) is 80.1 Å². The highest BCUT2D eigenvalue weighted by atomic mass is 35.5. The molecule has 4 rings (SSSR count). The Morgan fingerprint density at radius 2 is 1.79 bits per heavy atom. The van der Waals surface area contributed by atoms with Crippen LogP contribution in [0.1, 0.15) is 17.9 Å². The SMILES string of the molecule is Cc1cc(CN2CCN(CC(=O)Nc3cc4c(cc3Cl)OCCCO4)CC2)on1. The molecule has 1 fully saturated rings. The van der Waals surface area contributed by atoms with E-state index in [0.29, 0.717) is 42.0 Å². The maximum atomic E-state index is 12.5. The number of carbonyl (C=O) groups excluding carboxylic acids is 1. The van der Waals surface area contributed by atoms with Gasteiger partial charge in [-0.15, -0.1) is 0 Å². The Bertz CT molecular complexity index is 864. The molecule has 1 N–H and O–H groups in total. The minimum Gasteiger partial charge on any atom is -0.490 e.